The second-order valence-electron chi connectivity index (χ2n) is 4.00. The minimum absolute atomic E-state index is 0.161. The van der Waals surface area contributed by atoms with E-state index in [1.54, 1.807) is 29.9 Å². The summed E-state index contributed by atoms with van der Waals surface area (Å²) in [6, 6.07) is 4.85. The van der Waals surface area contributed by atoms with Crippen LogP contribution in [0.3, 0.4) is 0 Å². The molecular weight excluding hydrogens is 284 g/mol. The maximum atomic E-state index is 12.2. The monoisotopic (exact) mass is 298 g/mol. The number of aromatic nitrogens is 1. The zero-order chi connectivity index (χ0) is 13.9. The van der Waals surface area contributed by atoms with Crippen molar-refractivity contribution in [3.8, 4) is 0 Å². The third kappa shape index (κ3) is 3.19. The highest BCUT2D eigenvalue weighted by Gasteiger charge is 2.18. The fourth-order valence-corrected chi connectivity index (χ4v) is 3.54. The Morgan fingerprint density at radius 3 is 2.84 bits per heavy atom. The van der Waals surface area contributed by atoms with E-state index in [0.717, 1.165) is 0 Å². The molecule has 0 spiro atoms. The zero-order valence-electron chi connectivity index (χ0n) is 10.3. The van der Waals surface area contributed by atoms with Gasteiger partial charge in [0.1, 0.15) is 0 Å². The molecule has 0 aliphatic rings. The molecule has 7 heteroatoms. The van der Waals surface area contributed by atoms with Gasteiger partial charge >= 0.3 is 0 Å². The highest BCUT2D eigenvalue weighted by atomic mass is 32.2. The maximum absolute atomic E-state index is 12.2. The summed E-state index contributed by atoms with van der Waals surface area (Å²) in [5, 5.41) is 11.0. The topological polar surface area (TPSA) is 79.3 Å². The Bertz CT molecular complexity index is 652. The van der Waals surface area contributed by atoms with Gasteiger partial charge in [0.2, 0.25) is 10.0 Å². The molecule has 0 bridgehead atoms. The van der Waals surface area contributed by atoms with E-state index in [1.165, 1.54) is 17.4 Å². The van der Waals surface area contributed by atoms with Crippen LogP contribution in [0.2, 0.25) is 0 Å². The molecule has 1 heterocycles. The Balaban J connectivity index is 2.24. The largest absolute Gasteiger partial charge is 0.392 e. The molecule has 0 aliphatic carbocycles. The summed E-state index contributed by atoms with van der Waals surface area (Å²) in [4.78, 5) is 4.21. The Kier molecular flexibility index (Phi) is 4.31. The molecule has 102 valence electrons. The normalized spacial score (nSPS) is 11.7. The highest BCUT2D eigenvalue weighted by Crippen LogP contribution is 2.19. The first kappa shape index (κ1) is 14.1. The predicted molar refractivity (Wildman–Crippen MR) is 73.2 cm³/mol. The predicted octanol–water partition coefficient (Wildman–Crippen LogP) is 1.42. The minimum atomic E-state index is -3.60. The number of aliphatic hydroxyl groups excluding tert-OH is 1. The maximum Gasteiger partial charge on any atom is 0.241 e. The quantitative estimate of drug-likeness (QED) is 0.875. The number of sulfonamides is 1. The lowest BCUT2D eigenvalue weighted by atomic mass is 10.1. The van der Waals surface area contributed by atoms with Crippen LogP contribution >= 0.6 is 11.3 Å². The van der Waals surface area contributed by atoms with Crippen LogP contribution in [-0.4, -0.2) is 18.5 Å². The number of rotatable bonds is 5. The van der Waals surface area contributed by atoms with E-state index in [1.807, 2.05) is 0 Å². The second kappa shape index (κ2) is 5.79. The number of nitrogens with zero attached hydrogens (tertiary/aromatic N) is 1. The molecule has 19 heavy (non-hydrogen) atoms. The minimum Gasteiger partial charge on any atom is -0.392 e. The Hall–Kier alpha value is -1.28. The Labute approximate surface area is 116 Å². The molecule has 5 nitrogen and oxygen atoms in total. The van der Waals surface area contributed by atoms with Gasteiger partial charge in [-0.2, -0.15) is 0 Å². The molecule has 0 amide bonds. The van der Waals surface area contributed by atoms with Gasteiger partial charge in [0.15, 0.2) is 0 Å². The first-order valence-electron chi connectivity index (χ1n) is 5.60. The smallest absolute Gasteiger partial charge is 0.241 e. The Morgan fingerprint density at radius 1 is 1.42 bits per heavy atom. The summed E-state index contributed by atoms with van der Waals surface area (Å²) >= 11 is 1.42. The summed E-state index contributed by atoms with van der Waals surface area (Å²) in [6.45, 7) is 1.67. The summed E-state index contributed by atoms with van der Waals surface area (Å²) in [6.07, 6.45) is 0. The van der Waals surface area contributed by atoms with Gasteiger partial charge in [0, 0.05) is 5.38 Å². The van der Waals surface area contributed by atoms with Crippen molar-refractivity contribution in [1.29, 1.82) is 0 Å². The number of benzene rings is 1. The standard InChI is InChI=1S/C12H14N2O3S2/c1-9-10(6-15)3-2-4-12(9)19(16,17)14-5-11-7-18-8-13-11/h2-4,7-8,14-15H,5-6H2,1H3. The first-order valence-corrected chi connectivity index (χ1v) is 8.03. The van der Waals surface area contributed by atoms with Crippen LogP contribution < -0.4 is 4.72 Å². The van der Waals surface area contributed by atoms with E-state index in [2.05, 4.69) is 9.71 Å². The molecular formula is C12H14N2O3S2. The van der Waals surface area contributed by atoms with Crippen LogP contribution in [0.1, 0.15) is 16.8 Å². The van der Waals surface area contributed by atoms with Crippen molar-refractivity contribution < 1.29 is 13.5 Å². The SMILES string of the molecule is Cc1c(CO)cccc1S(=O)(=O)NCc1cscn1. The van der Waals surface area contributed by atoms with Crippen LogP contribution in [0.4, 0.5) is 0 Å². The number of hydrogen-bond acceptors (Lipinski definition) is 5. The molecule has 0 fully saturated rings. The fraction of sp³-hybridized carbons (Fsp3) is 0.250. The molecule has 2 N–H and O–H groups in total. The first-order chi connectivity index (χ1) is 9.04. The number of aliphatic hydroxyl groups is 1. The molecule has 0 unspecified atom stereocenters. The van der Waals surface area contributed by atoms with Crippen LogP contribution in [0.25, 0.3) is 0 Å². The van der Waals surface area contributed by atoms with Gasteiger partial charge in [-0.05, 0) is 24.1 Å². The van der Waals surface area contributed by atoms with Crippen molar-refractivity contribution in [2.45, 2.75) is 25.0 Å². The van der Waals surface area contributed by atoms with Crippen molar-refractivity contribution in [2.24, 2.45) is 0 Å². The molecule has 1 aromatic carbocycles. The Morgan fingerprint density at radius 2 is 2.21 bits per heavy atom. The van der Waals surface area contributed by atoms with Crippen LogP contribution in [0.5, 0.6) is 0 Å². The van der Waals surface area contributed by atoms with Crippen LogP contribution in [0, 0.1) is 6.92 Å². The van der Waals surface area contributed by atoms with E-state index < -0.39 is 10.0 Å². The van der Waals surface area contributed by atoms with Gasteiger partial charge < -0.3 is 5.11 Å². The van der Waals surface area contributed by atoms with Crippen molar-refractivity contribution in [1.82, 2.24) is 9.71 Å². The lowest BCUT2D eigenvalue weighted by Crippen LogP contribution is -2.24. The lowest BCUT2D eigenvalue weighted by molar-refractivity contribution is 0.280. The van der Waals surface area contributed by atoms with E-state index in [4.69, 9.17) is 5.11 Å². The van der Waals surface area contributed by atoms with Gasteiger partial charge in [-0.1, -0.05) is 12.1 Å². The third-order valence-electron chi connectivity index (χ3n) is 2.78. The highest BCUT2D eigenvalue weighted by molar-refractivity contribution is 7.89. The van der Waals surface area contributed by atoms with Crippen LogP contribution in [0.15, 0.2) is 34.0 Å². The number of thiazole rings is 1. The molecule has 0 saturated carbocycles. The summed E-state index contributed by atoms with van der Waals surface area (Å²) in [5.41, 5.74) is 3.51. The van der Waals surface area contributed by atoms with E-state index in [9.17, 15) is 8.42 Å². The van der Waals surface area contributed by atoms with Crippen molar-refractivity contribution in [3.05, 3.63) is 45.9 Å². The zero-order valence-corrected chi connectivity index (χ0v) is 12.0. The summed E-state index contributed by atoms with van der Waals surface area (Å²) < 4.78 is 26.9. The van der Waals surface area contributed by atoms with Gasteiger partial charge in [0.25, 0.3) is 0 Å². The van der Waals surface area contributed by atoms with Gasteiger partial charge in [-0.25, -0.2) is 18.1 Å². The average molecular weight is 298 g/mol. The third-order valence-corrected chi connectivity index (χ3v) is 4.96. The van der Waals surface area contributed by atoms with Gasteiger partial charge in [0.05, 0.1) is 29.3 Å². The van der Waals surface area contributed by atoms with Crippen LogP contribution in [-0.2, 0) is 23.2 Å². The number of hydrogen-bond donors (Lipinski definition) is 2. The summed E-state index contributed by atoms with van der Waals surface area (Å²) in [7, 11) is -3.60. The fourth-order valence-electron chi connectivity index (χ4n) is 1.69. The second-order valence-corrected chi connectivity index (χ2v) is 6.46. The van der Waals surface area contributed by atoms with Gasteiger partial charge in [-0.3, -0.25) is 0 Å². The number of nitrogens with one attached hydrogen (secondary N) is 1. The molecule has 0 aliphatic heterocycles. The van der Waals surface area contributed by atoms with Gasteiger partial charge in [-0.15, -0.1) is 11.3 Å². The molecule has 0 radical (unpaired) electrons. The molecule has 2 rings (SSSR count). The van der Waals surface area contributed by atoms with E-state index in [0.29, 0.717) is 16.8 Å². The molecule has 0 saturated heterocycles. The summed E-state index contributed by atoms with van der Waals surface area (Å²) in [5.74, 6) is 0. The van der Waals surface area contributed by atoms with Crippen molar-refractivity contribution in [3.63, 3.8) is 0 Å². The lowest BCUT2D eigenvalue weighted by Gasteiger charge is -2.11. The average Bonchev–Trinajstić information content (AvgIpc) is 2.90. The molecule has 1 aromatic heterocycles. The molecule has 0 atom stereocenters. The van der Waals surface area contributed by atoms with Crippen molar-refractivity contribution >= 4 is 21.4 Å². The molecule has 2 aromatic rings. The van der Waals surface area contributed by atoms with E-state index >= 15 is 0 Å². The van der Waals surface area contributed by atoms with Crippen molar-refractivity contribution in [2.75, 3.05) is 0 Å². The van der Waals surface area contributed by atoms with E-state index in [-0.39, 0.29) is 18.0 Å².